The van der Waals surface area contributed by atoms with Gasteiger partial charge in [-0.05, 0) is 48.5 Å². The summed E-state index contributed by atoms with van der Waals surface area (Å²) in [6, 6.07) is 10.8. The van der Waals surface area contributed by atoms with Gasteiger partial charge in [-0.2, -0.15) is 0 Å². The summed E-state index contributed by atoms with van der Waals surface area (Å²) in [6.45, 7) is 0.789. The lowest BCUT2D eigenvalue weighted by Crippen LogP contribution is -2.34. The number of benzene rings is 2. The van der Waals surface area contributed by atoms with Gasteiger partial charge in [0.15, 0.2) is 0 Å². The van der Waals surface area contributed by atoms with Crippen LogP contribution in [0, 0.1) is 17.6 Å². The summed E-state index contributed by atoms with van der Waals surface area (Å²) in [6.07, 6.45) is 0.314. The number of urea groups is 1. The standard InChI is InChI=1S/C18H17F2N3O2/c19-13-1-5-15(6-2-13)22-18(25)21-10-12-9-17(24)23(11-12)16-7-3-14(20)4-8-16/h1-8,12H,9-11H2,(H2,21,22,25). The minimum Gasteiger partial charge on any atom is -0.338 e. The maximum absolute atomic E-state index is 13.0. The fourth-order valence-electron chi connectivity index (χ4n) is 2.73. The summed E-state index contributed by atoms with van der Waals surface area (Å²) in [4.78, 5) is 25.6. The number of hydrogen-bond donors (Lipinski definition) is 2. The maximum Gasteiger partial charge on any atom is 0.319 e. The van der Waals surface area contributed by atoms with Crippen LogP contribution in [0.2, 0.25) is 0 Å². The predicted molar refractivity (Wildman–Crippen MR) is 90.3 cm³/mol. The molecule has 0 aliphatic carbocycles. The molecule has 0 radical (unpaired) electrons. The number of nitrogens with zero attached hydrogens (tertiary/aromatic N) is 1. The molecular weight excluding hydrogens is 328 g/mol. The average Bonchev–Trinajstić information content (AvgIpc) is 2.97. The molecule has 0 spiro atoms. The first-order valence-corrected chi connectivity index (χ1v) is 7.87. The molecule has 130 valence electrons. The minimum atomic E-state index is -0.417. The van der Waals surface area contributed by atoms with Gasteiger partial charge in [-0.1, -0.05) is 0 Å². The molecule has 0 saturated carbocycles. The second-order valence-corrected chi connectivity index (χ2v) is 5.89. The Hall–Kier alpha value is -2.96. The molecule has 3 rings (SSSR count). The largest absolute Gasteiger partial charge is 0.338 e. The number of carbonyl (C=O) groups excluding carboxylic acids is 2. The van der Waals surface area contributed by atoms with Crippen molar-refractivity contribution in [3.8, 4) is 0 Å². The van der Waals surface area contributed by atoms with Crippen LogP contribution in [0.25, 0.3) is 0 Å². The van der Waals surface area contributed by atoms with Gasteiger partial charge in [-0.15, -0.1) is 0 Å². The van der Waals surface area contributed by atoms with Gasteiger partial charge in [-0.25, -0.2) is 13.6 Å². The first-order valence-electron chi connectivity index (χ1n) is 7.87. The molecule has 2 N–H and O–H groups in total. The number of anilines is 2. The predicted octanol–water partition coefficient (Wildman–Crippen LogP) is 3.14. The fourth-order valence-corrected chi connectivity index (χ4v) is 2.73. The molecule has 0 bridgehead atoms. The smallest absolute Gasteiger partial charge is 0.319 e. The Bertz CT molecular complexity index is 763. The highest BCUT2D eigenvalue weighted by Gasteiger charge is 2.30. The van der Waals surface area contributed by atoms with Gasteiger partial charge in [0, 0.05) is 36.8 Å². The van der Waals surface area contributed by atoms with Crippen molar-refractivity contribution in [1.29, 1.82) is 0 Å². The van der Waals surface area contributed by atoms with Gasteiger partial charge in [0.1, 0.15) is 11.6 Å². The van der Waals surface area contributed by atoms with Crippen LogP contribution >= 0.6 is 0 Å². The van der Waals surface area contributed by atoms with Crippen LogP contribution in [0.1, 0.15) is 6.42 Å². The molecule has 25 heavy (non-hydrogen) atoms. The zero-order valence-corrected chi connectivity index (χ0v) is 13.3. The summed E-state index contributed by atoms with van der Waals surface area (Å²) in [7, 11) is 0. The summed E-state index contributed by atoms with van der Waals surface area (Å²) in [5, 5.41) is 5.30. The molecule has 1 aliphatic heterocycles. The third kappa shape index (κ3) is 4.32. The zero-order chi connectivity index (χ0) is 17.8. The lowest BCUT2D eigenvalue weighted by atomic mass is 10.1. The van der Waals surface area contributed by atoms with Crippen LogP contribution in [0.4, 0.5) is 25.0 Å². The van der Waals surface area contributed by atoms with Gasteiger partial charge >= 0.3 is 6.03 Å². The number of halogens is 2. The SMILES string of the molecule is O=C(NCC1CC(=O)N(c2ccc(F)cc2)C1)Nc1ccc(F)cc1. The van der Waals surface area contributed by atoms with Gasteiger partial charge in [0.05, 0.1) is 0 Å². The lowest BCUT2D eigenvalue weighted by Gasteiger charge is -2.17. The molecule has 7 heteroatoms. The number of nitrogens with one attached hydrogen (secondary N) is 2. The lowest BCUT2D eigenvalue weighted by molar-refractivity contribution is -0.117. The van der Waals surface area contributed by atoms with E-state index in [-0.39, 0.29) is 23.5 Å². The summed E-state index contributed by atoms with van der Waals surface area (Å²) >= 11 is 0. The van der Waals surface area contributed by atoms with E-state index >= 15 is 0 Å². The number of carbonyl (C=O) groups is 2. The topological polar surface area (TPSA) is 61.4 Å². The van der Waals surface area contributed by atoms with Crippen molar-refractivity contribution in [3.63, 3.8) is 0 Å². The van der Waals surface area contributed by atoms with Gasteiger partial charge in [0.2, 0.25) is 5.91 Å². The summed E-state index contributed by atoms with van der Waals surface area (Å²) < 4.78 is 25.8. The van der Waals surface area contributed by atoms with Crippen molar-refractivity contribution in [2.45, 2.75) is 6.42 Å². The normalized spacial score (nSPS) is 16.8. The quantitative estimate of drug-likeness (QED) is 0.894. The van der Waals surface area contributed by atoms with E-state index in [1.807, 2.05) is 0 Å². The highest BCUT2D eigenvalue weighted by Crippen LogP contribution is 2.24. The molecule has 1 saturated heterocycles. The first-order chi connectivity index (χ1) is 12.0. The van der Waals surface area contributed by atoms with Crippen molar-refractivity contribution < 1.29 is 18.4 Å². The van der Waals surface area contributed by atoms with Crippen LogP contribution in [0.15, 0.2) is 48.5 Å². The monoisotopic (exact) mass is 345 g/mol. The van der Waals surface area contributed by atoms with E-state index in [1.165, 1.54) is 36.4 Å². The molecule has 0 aromatic heterocycles. The maximum atomic E-state index is 13.0. The second-order valence-electron chi connectivity index (χ2n) is 5.89. The van der Waals surface area contributed by atoms with Crippen molar-refractivity contribution >= 4 is 23.3 Å². The molecule has 1 aliphatic rings. The minimum absolute atomic E-state index is 0.0310. The summed E-state index contributed by atoms with van der Waals surface area (Å²) in [5.74, 6) is -0.823. The Morgan fingerprint density at radius 3 is 2.28 bits per heavy atom. The molecular formula is C18H17F2N3O2. The van der Waals surface area contributed by atoms with Crippen LogP contribution in [-0.4, -0.2) is 25.0 Å². The Labute approximate surface area is 143 Å². The fraction of sp³-hybridized carbons (Fsp3) is 0.222. The van der Waals surface area contributed by atoms with Crippen LogP contribution in [-0.2, 0) is 4.79 Å². The number of rotatable bonds is 4. The molecule has 1 fully saturated rings. The molecule has 1 heterocycles. The molecule has 5 nitrogen and oxygen atoms in total. The van der Waals surface area contributed by atoms with Crippen LogP contribution in [0.3, 0.4) is 0 Å². The average molecular weight is 345 g/mol. The van der Waals surface area contributed by atoms with E-state index < -0.39 is 6.03 Å². The molecule has 3 amide bonds. The molecule has 2 aromatic rings. The Morgan fingerprint density at radius 2 is 1.64 bits per heavy atom. The number of amides is 3. The Kier molecular flexibility index (Phi) is 4.92. The second kappa shape index (κ2) is 7.29. The van der Waals surface area contributed by atoms with Gasteiger partial charge in [-0.3, -0.25) is 4.79 Å². The summed E-state index contributed by atoms with van der Waals surface area (Å²) in [5.41, 5.74) is 1.12. The highest BCUT2D eigenvalue weighted by molar-refractivity contribution is 5.96. The van der Waals surface area contributed by atoms with Gasteiger partial charge in [0.25, 0.3) is 0 Å². The van der Waals surface area contributed by atoms with E-state index in [4.69, 9.17) is 0 Å². The van der Waals surface area contributed by atoms with Crippen molar-refractivity contribution in [2.24, 2.45) is 5.92 Å². The molecule has 2 aromatic carbocycles. The highest BCUT2D eigenvalue weighted by atomic mass is 19.1. The van der Waals surface area contributed by atoms with Crippen LogP contribution in [0.5, 0.6) is 0 Å². The molecule has 1 unspecified atom stereocenters. The van der Waals surface area contributed by atoms with Crippen molar-refractivity contribution in [1.82, 2.24) is 5.32 Å². The Balaban J connectivity index is 1.50. The molecule has 1 atom stereocenters. The van der Waals surface area contributed by atoms with E-state index in [0.717, 1.165) is 0 Å². The third-order valence-corrected chi connectivity index (χ3v) is 4.00. The van der Waals surface area contributed by atoms with Crippen LogP contribution < -0.4 is 15.5 Å². The Morgan fingerprint density at radius 1 is 1.04 bits per heavy atom. The number of hydrogen-bond acceptors (Lipinski definition) is 2. The van der Waals surface area contributed by atoms with Gasteiger partial charge < -0.3 is 15.5 Å². The van der Waals surface area contributed by atoms with E-state index in [1.54, 1.807) is 17.0 Å². The zero-order valence-electron chi connectivity index (χ0n) is 13.3. The van der Waals surface area contributed by atoms with Crippen molar-refractivity contribution in [2.75, 3.05) is 23.3 Å². The van der Waals surface area contributed by atoms with E-state index in [9.17, 15) is 18.4 Å². The van der Waals surface area contributed by atoms with Crippen molar-refractivity contribution in [3.05, 3.63) is 60.2 Å². The van der Waals surface area contributed by atoms with E-state index in [0.29, 0.717) is 30.9 Å². The third-order valence-electron chi connectivity index (χ3n) is 4.00. The first kappa shape index (κ1) is 16.9. The van der Waals surface area contributed by atoms with E-state index in [2.05, 4.69) is 10.6 Å².